The van der Waals surface area contributed by atoms with Gasteiger partial charge in [-0.25, -0.2) is 9.97 Å². The first-order valence-electron chi connectivity index (χ1n) is 9.52. The normalized spacial score (nSPS) is 19.6. The molecule has 1 amide bonds. The number of nitrogens with two attached hydrogens (primary N) is 1. The number of carbonyl (C=O) groups excluding carboxylic acids is 1. The molecule has 1 aliphatic carbocycles. The van der Waals surface area contributed by atoms with E-state index in [0.717, 1.165) is 42.7 Å². The largest absolute Gasteiger partial charge is 0.369 e. The van der Waals surface area contributed by atoms with Gasteiger partial charge in [-0.05, 0) is 55.9 Å². The molecule has 4 aromatic rings. The lowest BCUT2D eigenvalue weighted by Gasteiger charge is -2.08. The third kappa shape index (κ3) is 2.90. The number of aromatic nitrogens is 6. The van der Waals surface area contributed by atoms with E-state index < -0.39 is 0 Å². The first-order chi connectivity index (χ1) is 13.6. The van der Waals surface area contributed by atoms with Crippen molar-refractivity contribution >= 4 is 22.6 Å². The summed E-state index contributed by atoms with van der Waals surface area (Å²) in [6, 6.07) is 6.26. The van der Waals surface area contributed by atoms with Crippen LogP contribution in [0.25, 0.3) is 22.4 Å². The zero-order valence-electron chi connectivity index (χ0n) is 15.6. The maximum absolute atomic E-state index is 11.4. The molecule has 2 N–H and O–H groups in total. The predicted molar refractivity (Wildman–Crippen MR) is 104 cm³/mol. The number of carbonyl (C=O) groups is 1. The van der Waals surface area contributed by atoms with E-state index in [-0.39, 0.29) is 11.8 Å². The number of hydrogen-bond donors (Lipinski definition) is 1. The lowest BCUT2D eigenvalue weighted by molar-refractivity contribution is -0.121. The summed E-state index contributed by atoms with van der Waals surface area (Å²) in [6.07, 6.45) is 9.17. The average Bonchev–Trinajstić information content (AvgIpc) is 3.38. The molecule has 1 saturated carbocycles. The van der Waals surface area contributed by atoms with Gasteiger partial charge in [-0.3, -0.25) is 4.79 Å². The Bertz CT molecular complexity index is 1190. The first kappa shape index (κ1) is 16.9. The van der Waals surface area contributed by atoms with E-state index in [2.05, 4.69) is 44.8 Å². The second-order valence-electron chi connectivity index (χ2n) is 7.71. The minimum absolute atomic E-state index is 0.0156. The van der Waals surface area contributed by atoms with Crippen molar-refractivity contribution in [3.05, 3.63) is 48.2 Å². The SMILES string of the molecule is Cc1ccn2cc(-n3nnc4cnc(C[C@@H]5CC[C@@H](C(N)=O)C5)nc43)cc2c1. The molecule has 0 saturated heterocycles. The Labute approximate surface area is 161 Å². The maximum atomic E-state index is 11.4. The van der Waals surface area contributed by atoms with Crippen LogP contribution < -0.4 is 5.73 Å². The molecular weight excluding hydrogens is 354 g/mol. The Morgan fingerprint density at radius 3 is 3.04 bits per heavy atom. The van der Waals surface area contributed by atoms with Crippen LogP contribution in [0.15, 0.2) is 36.8 Å². The molecule has 8 nitrogen and oxygen atoms in total. The first-order valence-corrected chi connectivity index (χ1v) is 9.52. The van der Waals surface area contributed by atoms with Crippen molar-refractivity contribution in [3.63, 3.8) is 0 Å². The molecule has 8 heteroatoms. The predicted octanol–water partition coefficient (Wildman–Crippen LogP) is 2.22. The van der Waals surface area contributed by atoms with Gasteiger partial charge < -0.3 is 10.1 Å². The third-order valence-corrected chi connectivity index (χ3v) is 5.64. The number of nitrogens with zero attached hydrogens (tertiary/aromatic N) is 6. The number of amides is 1. The molecule has 1 aliphatic rings. The molecule has 2 atom stereocenters. The molecule has 0 aromatic carbocycles. The number of fused-ring (bicyclic) bond motifs is 2. The molecule has 5 rings (SSSR count). The average molecular weight is 375 g/mol. The van der Waals surface area contributed by atoms with Crippen molar-refractivity contribution in [2.24, 2.45) is 17.6 Å². The van der Waals surface area contributed by atoms with E-state index in [0.29, 0.717) is 17.1 Å². The highest BCUT2D eigenvalue weighted by Crippen LogP contribution is 2.32. The number of primary amides is 1. The lowest BCUT2D eigenvalue weighted by Crippen LogP contribution is -2.21. The number of aryl methyl sites for hydroxylation is 1. The molecule has 1 fully saturated rings. The van der Waals surface area contributed by atoms with E-state index in [1.54, 1.807) is 10.9 Å². The van der Waals surface area contributed by atoms with Gasteiger partial charge in [-0.15, -0.1) is 5.10 Å². The molecule has 142 valence electrons. The standard InChI is InChI=1S/C20H21N7O/c1-12-4-5-26-11-16(9-15(26)6-12)27-20-17(24-25-27)10-22-18(23-20)8-13-2-3-14(7-13)19(21)28/h4-6,9-11,13-14H,2-3,7-8H2,1H3,(H2,21,28)/t13-,14-/m1/s1. The zero-order valence-corrected chi connectivity index (χ0v) is 15.6. The van der Waals surface area contributed by atoms with E-state index in [4.69, 9.17) is 10.7 Å². The van der Waals surface area contributed by atoms with Gasteiger partial charge >= 0.3 is 0 Å². The van der Waals surface area contributed by atoms with Crippen LogP contribution in [-0.2, 0) is 11.2 Å². The number of pyridine rings is 1. The fourth-order valence-corrected chi connectivity index (χ4v) is 4.13. The summed E-state index contributed by atoms with van der Waals surface area (Å²) in [5, 5.41) is 8.49. The summed E-state index contributed by atoms with van der Waals surface area (Å²) in [7, 11) is 0. The van der Waals surface area contributed by atoms with E-state index in [1.165, 1.54) is 5.56 Å². The topological polar surface area (TPSA) is 104 Å². The van der Waals surface area contributed by atoms with Crippen LogP contribution >= 0.6 is 0 Å². The highest BCUT2D eigenvalue weighted by Gasteiger charge is 2.29. The molecule has 0 bridgehead atoms. The third-order valence-electron chi connectivity index (χ3n) is 5.64. The van der Waals surface area contributed by atoms with Gasteiger partial charge in [0.05, 0.1) is 11.9 Å². The Hall–Kier alpha value is -3.29. The van der Waals surface area contributed by atoms with Gasteiger partial charge in [0.2, 0.25) is 5.91 Å². The monoisotopic (exact) mass is 375 g/mol. The Morgan fingerprint density at radius 1 is 1.32 bits per heavy atom. The van der Waals surface area contributed by atoms with Gasteiger partial charge in [0.1, 0.15) is 5.82 Å². The van der Waals surface area contributed by atoms with Crippen molar-refractivity contribution in [3.8, 4) is 5.69 Å². The maximum Gasteiger partial charge on any atom is 0.220 e. The number of rotatable bonds is 4. The Kier molecular flexibility index (Phi) is 3.85. The molecule has 4 aromatic heterocycles. The van der Waals surface area contributed by atoms with Crippen LogP contribution in [0.2, 0.25) is 0 Å². The summed E-state index contributed by atoms with van der Waals surface area (Å²) < 4.78 is 3.81. The summed E-state index contributed by atoms with van der Waals surface area (Å²) in [6.45, 7) is 2.07. The van der Waals surface area contributed by atoms with Crippen molar-refractivity contribution in [1.82, 2.24) is 29.4 Å². The smallest absolute Gasteiger partial charge is 0.220 e. The number of hydrogen-bond acceptors (Lipinski definition) is 5. The van der Waals surface area contributed by atoms with E-state index >= 15 is 0 Å². The van der Waals surface area contributed by atoms with Crippen molar-refractivity contribution in [2.75, 3.05) is 0 Å². The summed E-state index contributed by atoms with van der Waals surface area (Å²) in [5.41, 5.74) is 10.0. The van der Waals surface area contributed by atoms with Crippen molar-refractivity contribution in [2.45, 2.75) is 32.6 Å². The summed E-state index contributed by atoms with van der Waals surface area (Å²) in [4.78, 5) is 20.6. The van der Waals surface area contributed by atoms with Gasteiger partial charge in [0.25, 0.3) is 0 Å². The fourth-order valence-electron chi connectivity index (χ4n) is 4.13. The van der Waals surface area contributed by atoms with Crippen LogP contribution in [0.3, 0.4) is 0 Å². The van der Waals surface area contributed by atoms with Crippen LogP contribution in [0.5, 0.6) is 0 Å². The minimum atomic E-state index is -0.197. The molecule has 0 aliphatic heterocycles. The summed E-state index contributed by atoms with van der Waals surface area (Å²) in [5.74, 6) is 0.931. The highest BCUT2D eigenvalue weighted by molar-refractivity contribution is 5.77. The minimum Gasteiger partial charge on any atom is -0.369 e. The van der Waals surface area contributed by atoms with E-state index in [9.17, 15) is 4.79 Å². The quantitative estimate of drug-likeness (QED) is 0.589. The van der Waals surface area contributed by atoms with Crippen LogP contribution in [-0.4, -0.2) is 35.3 Å². The van der Waals surface area contributed by atoms with Crippen LogP contribution in [0, 0.1) is 18.8 Å². The second kappa shape index (κ2) is 6.40. The Balaban J connectivity index is 1.47. The van der Waals surface area contributed by atoms with Gasteiger partial charge in [0.15, 0.2) is 11.2 Å². The van der Waals surface area contributed by atoms with Gasteiger partial charge in [0, 0.05) is 30.2 Å². The van der Waals surface area contributed by atoms with Gasteiger partial charge in [-0.1, -0.05) is 5.21 Å². The van der Waals surface area contributed by atoms with Crippen molar-refractivity contribution in [1.29, 1.82) is 0 Å². The molecule has 4 heterocycles. The molecule has 0 unspecified atom stereocenters. The van der Waals surface area contributed by atoms with Crippen molar-refractivity contribution < 1.29 is 4.79 Å². The molecular formula is C20H21N7O. The zero-order chi connectivity index (χ0) is 19.3. The fraction of sp³-hybridized carbons (Fsp3) is 0.350. The lowest BCUT2D eigenvalue weighted by atomic mass is 10.0. The molecule has 28 heavy (non-hydrogen) atoms. The van der Waals surface area contributed by atoms with Crippen LogP contribution in [0.4, 0.5) is 0 Å². The summed E-state index contributed by atoms with van der Waals surface area (Å²) >= 11 is 0. The van der Waals surface area contributed by atoms with Gasteiger partial charge in [-0.2, -0.15) is 4.68 Å². The van der Waals surface area contributed by atoms with Crippen LogP contribution in [0.1, 0.15) is 30.7 Å². The van der Waals surface area contributed by atoms with E-state index in [1.807, 2.05) is 12.4 Å². The second-order valence-corrected chi connectivity index (χ2v) is 7.71. The Morgan fingerprint density at radius 2 is 2.21 bits per heavy atom. The molecule has 0 spiro atoms. The highest BCUT2D eigenvalue weighted by atomic mass is 16.1. The molecule has 0 radical (unpaired) electrons.